The van der Waals surface area contributed by atoms with E-state index in [2.05, 4.69) is 14.9 Å². The molecule has 6 heteroatoms. The number of nitrogen functional groups attached to an aromatic ring is 1. The summed E-state index contributed by atoms with van der Waals surface area (Å²) in [6, 6.07) is 0. The van der Waals surface area contributed by atoms with Crippen LogP contribution in [0, 0.1) is 0 Å². The predicted molar refractivity (Wildman–Crippen MR) is 65.2 cm³/mol. The first-order chi connectivity index (χ1) is 8.18. The highest BCUT2D eigenvalue weighted by atomic mass is 16.5. The van der Waals surface area contributed by atoms with Crippen LogP contribution < -0.4 is 15.4 Å². The van der Waals surface area contributed by atoms with E-state index in [-0.39, 0.29) is 6.10 Å². The maximum Gasteiger partial charge on any atom is 0.242 e. The molecule has 0 saturated carbocycles. The molecule has 0 atom stereocenters. The van der Waals surface area contributed by atoms with Crippen molar-refractivity contribution in [3.05, 3.63) is 6.33 Å². The molecule has 1 aromatic heterocycles. The summed E-state index contributed by atoms with van der Waals surface area (Å²) in [5.74, 6) is 1.19. The van der Waals surface area contributed by atoms with Gasteiger partial charge in [-0.3, -0.25) is 0 Å². The maximum atomic E-state index is 6.03. The third-order valence-corrected chi connectivity index (χ3v) is 2.48. The molecular weight excluding hydrogens is 220 g/mol. The summed E-state index contributed by atoms with van der Waals surface area (Å²) in [6.07, 6.45) is 1.53. The van der Waals surface area contributed by atoms with Crippen molar-refractivity contribution < 1.29 is 9.47 Å². The number of ether oxygens (including phenoxy) is 2. The molecule has 6 nitrogen and oxygen atoms in total. The molecule has 2 heterocycles. The summed E-state index contributed by atoms with van der Waals surface area (Å²) in [4.78, 5) is 10.4. The Morgan fingerprint density at radius 2 is 2.06 bits per heavy atom. The van der Waals surface area contributed by atoms with Crippen LogP contribution in [-0.2, 0) is 4.74 Å². The number of hydrogen-bond donors (Lipinski definition) is 1. The molecule has 1 aliphatic rings. The van der Waals surface area contributed by atoms with E-state index in [0.29, 0.717) is 24.8 Å². The standard InChI is InChI=1S/C11H18N4O2/c1-8(2)17-11-9(12)10(13-7-14-11)15-3-5-16-6-4-15/h7-8H,3-6,12H2,1-2H3. The van der Waals surface area contributed by atoms with Gasteiger partial charge in [0.05, 0.1) is 19.3 Å². The SMILES string of the molecule is CC(C)Oc1ncnc(N2CCOCC2)c1N. The van der Waals surface area contributed by atoms with Crippen molar-refractivity contribution in [1.82, 2.24) is 9.97 Å². The number of anilines is 2. The Morgan fingerprint density at radius 1 is 1.35 bits per heavy atom. The summed E-state index contributed by atoms with van der Waals surface area (Å²) in [5.41, 5.74) is 6.53. The lowest BCUT2D eigenvalue weighted by Gasteiger charge is -2.28. The Morgan fingerprint density at radius 3 is 2.71 bits per heavy atom. The zero-order chi connectivity index (χ0) is 12.3. The van der Waals surface area contributed by atoms with Crippen molar-refractivity contribution in [3.8, 4) is 5.88 Å². The minimum atomic E-state index is 0.0461. The molecule has 1 aromatic rings. The zero-order valence-corrected chi connectivity index (χ0v) is 10.2. The Balaban J connectivity index is 2.21. The Labute approximate surface area is 101 Å². The molecule has 0 aromatic carbocycles. The first-order valence-electron chi connectivity index (χ1n) is 5.78. The molecule has 1 aliphatic heterocycles. The summed E-state index contributed by atoms with van der Waals surface area (Å²) >= 11 is 0. The number of nitrogens with zero attached hydrogens (tertiary/aromatic N) is 3. The van der Waals surface area contributed by atoms with E-state index in [1.54, 1.807) is 0 Å². The summed E-state index contributed by atoms with van der Waals surface area (Å²) < 4.78 is 10.8. The van der Waals surface area contributed by atoms with E-state index in [9.17, 15) is 0 Å². The summed E-state index contributed by atoms with van der Waals surface area (Å²) in [6.45, 7) is 6.87. The number of morpholine rings is 1. The van der Waals surface area contributed by atoms with Crippen molar-refractivity contribution in [2.24, 2.45) is 0 Å². The Kier molecular flexibility index (Phi) is 3.63. The fourth-order valence-corrected chi connectivity index (χ4v) is 1.72. The number of rotatable bonds is 3. The predicted octanol–water partition coefficient (Wildman–Crippen LogP) is 0.683. The van der Waals surface area contributed by atoms with Gasteiger partial charge in [-0.15, -0.1) is 0 Å². The van der Waals surface area contributed by atoms with Crippen LogP contribution in [0.15, 0.2) is 6.33 Å². The second kappa shape index (κ2) is 5.18. The van der Waals surface area contributed by atoms with Gasteiger partial charge in [0.15, 0.2) is 5.82 Å². The highest BCUT2D eigenvalue weighted by Crippen LogP contribution is 2.28. The minimum Gasteiger partial charge on any atom is -0.473 e. The van der Waals surface area contributed by atoms with Gasteiger partial charge >= 0.3 is 0 Å². The van der Waals surface area contributed by atoms with Crippen LogP contribution in [0.3, 0.4) is 0 Å². The van der Waals surface area contributed by atoms with Crippen LogP contribution in [0.1, 0.15) is 13.8 Å². The number of hydrogen-bond acceptors (Lipinski definition) is 6. The molecule has 17 heavy (non-hydrogen) atoms. The van der Waals surface area contributed by atoms with Crippen LogP contribution in [-0.4, -0.2) is 42.4 Å². The van der Waals surface area contributed by atoms with Crippen LogP contribution in [0.5, 0.6) is 5.88 Å². The molecule has 0 aliphatic carbocycles. The first kappa shape index (κ1) is 11.9. The van der Waals surface area contributed by atoms with Crippen LogP contribution >= 0.6 is 0 Å². The van der Waals surface area contributed by atoms with Gasteiger partial charge in [0.2, 0.25) is 5.88 Å². The minimum absolute atomic E-state index is 0.0461. The fraction of sp³-hybridized carbons (Fsp3) is 0.636. The molecule has 0 bridgehead atoms. The molecule has 0 radical (unpaired) electrons. The van der Waals surface area contributed by atoms with Gasteiger partial charge in [-0.05, 0) is 13.8 Å². The monoisotopic (exact) mass is 238 g/mol. The lowest BCUT2D eigenvalue weighted by atomic mass is 10.3. The highest BCUT2D eigenvalue weighted by molar-refractivity contribution is 5.67. The molecule has 2 N–H and O–H groups in total. The maximum absolute atomic E-state index is 6.03. The van der Waals surface area contributed by atoms with Crippen molar-refractivity contribution >= 4 is 11.5 Å². The van der Waals surface area contributed by atoms with E-state index in [1.807, 2.05) is 13.8 Å². The lowest BCUT2D eigenvalue weighted by Crippen LogP contribution is -2.37. The van der Waals surface area contributed by atoms with Gasteiger partial charge in [-0.2, -0.15) is 4.98 Å². The summed E-state index contributed by atoms with van der Waals surface area (Å²) in [5, 5.41) is 0. The van der Waals surface area contributed by atoms with Crippen LogP contribution in [0.4, 0.5) is 11.5 Å². The van der Waals surface area contributed by atoms with Gasteiger partial charge in [-0.1, -0.05) is 0 Å². The van der Waals surface area contributed by atoms with Crippen molar-refractivity contribution in [1.29, 1.82) is 0 Å². The molecule has 1 fully saturated rings. The Bertz CT molecular complexity index is 378. The molecule has 94 valence electrons. The van der Waals surface area contributed by atoms with Crippen molar-refractivity contribution in [3.63, 3.8) is 0 Å². The third-order valence-electron chi connectivity index (χ3n) is 2.48. The number of aromatic nitrogens is 2. The van der Waals surface area contributed by atoms with Crippen molar-refractivity contribution in [2.45, 2.75) is 20.0 Å². The lowest BCUT2D eigenvalue weighted by molar-refractivity contribution is 0.122. The average molecular weight is 238 g/mol. The quantitative estimate of drug-likeness (QED) is 0.835. The third kappa shape index (κ3) is 2.76. The second-order valence-corrected chi connectivity index (χ2v) is 4.18. The molecular formula is C11H18N4O2. The van der Waals surface area contributed by atoms with E-state index < -0.39 is 0 Å². The highest BCUT2D eigenvalue weighted by Gasteiger charge is 2.18. The zero-order valence-electron chi connectivity index (χ0n) is 10.2. The largest absolute Gasteiger partial charge is 0.473 e. The van der Waals surface area contributed by atoms with E-state index in [4.69, 9.17) is 15.2 Å². The molecule has 2 rings (SSSR count). The van der Waals surface area contributed by atoms with Gasteiger partial charge < -0.3 is 20.1 Å². The molecule has 0 unspecified atom stereocenters. The van der Waals surface area contributed by atoms with E-state index >= 15 is 0 Å². The fourth-order valence-electron chi connectivity index (χ4n) is 1.72. The van der Waals surface area contributed by atoms with E-state index in [0.717, 1.165) is 18.9 Å². The van der Waals surface area contributed by atoms with Crippen molar-refractivity contribution in [2.75, 3.05) is 36.9 Å². The first-order valence-corrected chi connectivity index (χ1v) is 5.78. The topological polar surface area (TPSA) is 73.5 Å². The second-order valence-electron chi connectivity index (χ2n) is 4.18. The van der Waals surface area contributed by atoms with Gasteiger partial charge in [-0.25, -0.2) is 4.98 Å². The molecule has 0 amide bonds. The van der Waals surface area contributed by atoms with E-state index in [1.165, 1.54) is 6.33 Å². The summed E-state index contributed by atoms with van der Waals surface area (Å²) in [7, 11) is 0. The number of nitrogens with two attached hydrogens (primary N) is 1. The Hall–Kier alpha value is -1.56. The van der Waals surface area contributed by atoms with Gasteiger partial charge in [0, 0.05) is 13.1 Å². The molecule has 1 saturated heterocycles. The van der Waals surface area contributed by atoms with Gasteiger partial charge in [0.25, 0.3) is 0 Å². The average Bonchev–Trinajstić information content (AvgIpc) is 2.32. The van der Waals surface area contributed by atoms with Gasteiger partial charge in [0.1, 0.15) is 12.0 Å². The molecule has 0 spiro atoms. The van der Waals surface area contributed by atoms with Crippen LogP contribution in [0.25, 0.3) is 0 Å². The normalized spacial score (nSPS) is 16.3. The van der Waals surface area contributed by atoms with Crippen LogP contribution in [0.2, 0.25) is 0 Å². The smallest absolute Gasteiger partial charge is 0.242 e.